The van der Waals surface area contributed by atoms with Gasteiger partial charge in [-0.2, -0.15) is 0 Å². The normalized spacial score (nSPS) is 32.6. The Morgan fingerprint density at radius 3 is 3.20 bits per heavy atom. The van der Waals surface area contributed by atoms with Crippen molar-refractivity contribution < 1.29 is 0 Å². The van der Waals surface area contributed by atoms with E-state index in [0.29, 0.717) is 6.17 Å². The summed E-state index contributed by atoms with van der Waals surface area (Å²) in [4.78, 5) is 2.41. The molecule has 1 unspecified atom stereocenters. The Kier molecular flexibility index (Phi) is 1.42. The lowest BCUT2D eigenvalue weighted by Gasteiger charge is -2.31. The Balaban J connectivity index is 2.08. The highest BCUT2D eigenvalue weighted by Crippen LogP contribution is 2.22. The Bertz CT molecular complexity index is 153. The molecule has 1 atom stereocenters. The molecule has 0 aromatic heterocycles. The van der Waals surface area contributed by atoms with E-state index in [1.165, 1.54) is 31.5 Å². The van der Waals surface area contributed by atoms with Crippen LogP contribution in [0.3, 0.4) is 0 Å². The third-order valence-corrected chi connectivity index (χ3v) is 2.45. The number of nitrogens with zero attached hydrogens (tertiary/aromatic N) is 1. The summed E-state index contributed by atoms with van der Waals surface area (Å²) in [6.45, 7) is 6.23. The number of hydrogen-bond donors (Lipinski definition) is 1. The van der Waals surface area contributed by atoms with E-state index in [2.05, 4.69) is 16.8 Å². The molecule has 0 aromatic carbocycles. The smallest absolute Gasteiger partial charge is 0.0796 e. The highest BCUT2D eigenvalue weighted by Gasteiger charge is 2.27. The molecule has 2 fully saturated rings. The van der Waals surface area contributed by atoms with E-state index in [0.717, 1.165) is 6.54 Å². The molecule has 2 aliphatic rings. The first-order chi connectivity index (χ1) is 4.88. The standard InChI is InChI=1S/C8H14N2/c1-7-6-9-8-4-2-3-5-10(7)8/h8-9H,1-6H2. The van der Waals surface area contributed by atoms with Crippen LogP contribution in [0.4, 0.5) is 0 Å². The second-order valence-corrected chi connectivity index (χ2v) is 3.15. The Labute approximate surface area is 61.9 Å². The zero-order chi connectivity index (χ0) is 6.97. The van der Waals surface area contributed by atoms with Crippen molar-refractivity contribution in [3.05, 3.63) is 12.3 Å². The first kappa shape index (κ1) is 6.23. The largest absolute Gasteiger partial charge is 0.359 e. The number of nitrogens with one attached hydrogen (secondary N) is 1. The van der Waals surface area contributed by atoms with Gasteiger partial charge in [-0.15, -0.1) is 0 Å². The van der Waals surface area contributed by atoms with Crippen molar-refractivity contribution in [2.45, 2.75) is 25.4 Å². The van der Waals surface area contributed by atoms with E-state index in [4.69, 9.17) is 0 Å². The lowest BCUT2D eigenvalue weighted by Crippen LogP contribution is -2.38. The highest BCUT2D eigenvalue weighted by molar-refractivity contribution is 5.06. The fourth-order valence-corrected chi connectivity index (χ4v) is 1.86. The summed E-state index contributed by atoms with van der Waals surface area (Å²) in [5.74, 6) is 0. The fourth-order valence-electron chi connectivity index (χ4n) is 1.86. The van der Waals surface area contributed by atoms with Gasteiger partial charge >= 0.3 is 0 Å². The van der Waals surface area contributed by atoms with Crippen LogP contribution in [0.1, 0.15) is 19.3 Å². The van der Waals surface area contributed by atoms with Crippen molar-refractivity contribution in [3.8, 4) is 0 Å². The SMILES string of the molecule is C=C1CNC2CCCCN12. The maximum absolute atomic E-state index is 4.00. The molecular formula is C8H14N2. The van der Waals surface area contributed by atoms with Crippen LogP contribution in [0.5, 0.6) is 0 Å². The molecule has 0 bridgehead atoms. The third-order valence-electron chi connectivity index (χ3n) is 2.45. The Morgan fingerprint density at radius 2 is 2.40 bits per heavy atom. The monoisotopic (exact) mass is 138 g/mol. The van der Waals surface area contributed by atoms with Crippen molar-refractivity contribution in [1.29, 1.82) is 0 Å². The van der Waals surface area contributed by atoms with Gasteiger partial charge in [0, 0.05) is 18.8 Å². The molecule has 0 saturated carbocycles. The van der Waals surface area contributed by atoms with E-state index < -0.39 is 0 Å². The predicted octanol–water partition coefficient (Wildman–Crippen LogP) is 0.915. The Hall–Kier alpha value is -0.500. The molecule has 2 nitrogen and oxygen atoms in total. The van der Waals surface area contributed by atoms with E-state index in [-0.39, 0.29) is 0 Å². The first-order valence-corrected chi connectivity index (χ1v) is 4.06. The van der Waals surface area contributed by atoms with Gasteiger partial charge in [0.05, 0.1) is 6.17 Å². The molecule has 56 valence electrons. The predicted molar refractivity (Wildman–Crippen MR) is 41.5 cm³/mol. The lowest BCUT2D eigenvalue weighted by atomic mass is 10.1. The van der Waals surface area contributed by atoms with Crippen LogP contribution in [0.2, 0.25) is 0 Å². The molecule has 1 N–H and O–H groups in total. The van der Waals surface area contributed by atoms with Gasteiger partial charge in [-0.3, -0.25) is 5.32 Å². The van der Waals surface area contributed by atoms with Crippen LogP contribution < -0.4 is 5.32 Å². The minimum atomic E-state index is 0.626. The molecular weight excluding hydrogens is 124 g/mol. The molecule has 0 aliphatic carbocycles. The molecule has 0 radical (unpaired) electrons. The second kappa shape index (κ2) is 2.27. The van der Waals surface area contributed by atoms with E-state index in [9.17, 15) is 0 Å². The molecule has 2 saturated heterocycles. The average molecular weight is 138 g/mol. The second-order valence-electron chi connectivity index (χ2n) is 3.15. The minimum absolute atomic E-state index is 0.626. The number of piperidine rings is 1. The molecule has 10 heavy (non-hydrogen) atoms. The molecule has 2 aliphatic heterocycles. The molecule has 0 amide bonds. The summed E-state index contributed by atoms with van der Waals surface area (Å²) in [5, 5.41) is 3.43. The average Bonchev–Trinajstić information content (AvgIpc) is 2.34. The van der Waals surface area contributed by atoms with Gasteiger partial charge < -0.3 is 4.90 Å². The van der Waals surface area contributed by atoms with Gasteiger partial charge in [0.1, 0.15) is 0 Å². The molecule has 0 spiro atoms. The van der Waals surface area contributed by atoms with E-state index >= 15 is 0 Å². The van der Waals surface area contributed by atoms with Gasteiger partial charge in [-0.25, -0.2) is 0 Å². The van der Waals surface area contributed by atoms with Crippen molar-refractivity contribution in [2.24, 2.45) is 0 Å². The fraction of sp³-hybridized carbons (Fsp3) is 0.750. The first-order valence-electron chi connectivity index (χ1n) is 4.06. The summed E-state index contributed by atoms with van der Waals surface area (Å²) in [6.07, 6.45) is 4.65. The van der Waals surface area contributed by atoms with Crippen LogP contribution in [0, 0.1) is 0 Å². The van der Waals surface area contributed by atoms with Crippen LogP contribution >= 0.6 is 0 Å². The molecule has 0 aromatic rings. The summed E-state index contributed by atoms with van der Waals surface area (Å²) >= 11 is 0. The number of rotatable bonds is 0. The van der Waals surface area contributed by atoms with Gasteiger partial charge in [-0.05, 0) is 19.3 Å². The quantitative estimate of drug-likeness (QED) is 0.535. The summed E-state index contributed by atoms with van der Waals surface area (Å²) < 4.78 is 0. The number of hydrogen-bond acceptors (Lipinski definition) is 2. The molecule has 2 rings (SSSR count). The maximum Gasteiger partial charge on any atom is 0.0796 e. The topological polar surface area (TPSA) is 15.3 Å². The van der Waals surface area contributed by atoms with E-state index in [1.54, 1.807) is 0 Å². The summed E-state index contributed by atoms with van der Waals surface area (Å²) in [7, 11) is 0. The van der Waals surface area contributed by atoms with Gasteiger partial charge in [0.2, 0.25) is 0 Å². The summed E-state index contributed by atoms with van der Waals surface area (Å²) in [5.41, 5.74) is 1.28. The molecule has 2 heteroatoms. The zero-order valence-corrected chi connectivity index (χ0v) is 6.27. The van der Waals surface area contributed by atoms with Gasteiger partial charge in [0.25, 0.3) is 0 Å². The van der Waals surface area contributed by atoms with Gasteiger partial charge in [-0.1, -0.05) is 6.58 Å². The van der Waals surface area contributed by atoms with Crippen LogP contribution in [0.15, 0.2) is 12.3 Å². The van der Waals surface area contributed by atoms with Crippen molar-refractivity contribution in [3.63, 3.8) is 0 Å². The van der Waals surface area contributed by atoms with Crippen LogP contribution in [0.25, 0.3) is 0 Å². The minimum Gasteiger partial charge on any atom is -0.359 e. The third kappa shape index (κ3) is 0.833. The van der Waals surface area contributed by atoms with E-state index in [1.807, 2.05) is 0 Å². The highest BCUT2D eigenvalue weighted by atomic mass is 15.3. The number of fused-ring (bicyclic) bond motifs is 1. The van der Waals surface area contributed by atoms with Gasteiger partial charge in [0.15, 0.2) is 0 Å². The lowest BCUT2D eigenvalue weighted by molar-refractivity contribution is 0.213. The van der Waals surface area contributed by atoms with Crippen molar-refractivity contribution in [1.82, 2.24) is 10.2 Å². The van der Waals surface area contributed by atoms with Crippen LogP contribution in [-0.2, 0) is 0 Å². The summed E-state index contributed by atoms with van der Waals surface area (Å²) in [6, 6.07) is 0. The zero-order valence-electron chi connectivity index (χ0n) is 6.27. The van der Waals surface area contributed by atoms with Crippen molar-refractivity contribution in [2.75, 3.05) is 13.1 Å². The van der Waals surface area contributed by atoms with Crippen molar-refractivity contribution >= 4 is 0 Å². The van der Waals surface area contributed by atoms with Crippen LogP contribution in [-0.4, -0.2) is 24.2 Å². The molecule has 2 heterocycles. The maximum atomic E-state index is 4.00. The Morgan fingerprint density at radius 1 is 1.50 bits per heavy atom.